The third-order valence-electron chi connectivity index (χ3n) is 4.07. The molecule has 1 amide bonds. The lowest BCUT2D eigenvalue weighted by molar-refractivity contribution is -0.0124. The number of nitrogens with one attached hydrogen (secondary N) is 1. The molecule has 0 bridgehead atoms. The summed E-state index contributed by atoms with van der Waals surface area (Å²) < 4.78 is 6.85. The number of hydrogen-bond donors (Lipinski definition) is 1. The predicted molar refractivity (Wildman–Crippen MR) is 85.8 cm³/mol. The largest absolute Gasteiger partial charge is 0.375 e. The fourth-order valence-corrected chi connectivity index (χ4v) is 2.91. The topological polar surface area (TPSA) is 84.4 Å². The lowest BCUT2D eigenvalue weighted by Crippen LogP contribution is -2.44. The molecule has 3 rings (SSSR count). The summed E-state index contributed by atoms with van der Waals surface area (Å²) in [5.41, 5.74) is 0.334. The van der Waals surface area contributed by atoms with Gasteiger partial charge in [-0.05, 0) is 32.0 Å². The minimum Gasteiger partial charge on any atom is -0.375 e. The van der Waals surface area contributed by atoms with Gasteiger partial charge in [-0.1, -0.05) is 0 Å². The average Bonchev–Trinajstić information content (AvgIpc) is 2.55. The van der Waals surface area contributed by atoms with E-state index in [4.69, 9.17) is 4.74 Å². The Kier molecular flexibility index (Phi) is 4.04. The molecular weight excluding hydrogens is 298 g/mol. The van der Waals surface area contributed by atoms with Crippen LogP contribution in [0.2, 0.25) is 0 Å². The van der Waals surface area contributed by atoms with Crippen molar-refractivity contribution in [2.45, 2.75) is 26.5 Å². The summed E-state index contributed by atoms with van der Waals surface area (Å²) in [6.07, 6.45) is 0.0123. The molecule has 7 heteroatoms. The van der Waals surface area contributed by atoms with Crippen LogP contribution in [-0.2, 0) is 11.3 Å². The second-order valence-electron chi connectivity index (χ2n) is 5.67. The molecule has 1 fully saturated rings. The quantitative estimate of drug-likeness (QED) is 0.821. The average molecular weight is 317 g/mol. The normalized spacial score (nSPS) is 18.3. The number of hydrogen-bond acceptors (Lipinski definition) is 4. The van der Waals surface area contributed by atoms with Crippen LogP contribution in [0.25, 0.3) is 11.0 Å². The molecule has 0 radical (unpaired) electrons. The molecule has 1 saturated heterocycles. The second-order valence-corrected chi connectivity index (χ2v) is 5.67. The van der Waals surface area contributed by atoms with E-state index in [-0.39, 0.29) is 12.0 Å². The summed E-state index contributed by atoms with van der Waals surface area (Å²) in [4.78, 5) is 40.5. The van der Waals surface area contributed by atoms with Gasteiger partial charge in [0.2, 0.25) is 0 Å². The molecule has 1 N–H and O–H groups in total. The molecule has 0 aliphatic carbocycles. The number of carbonyl (C=O) groups is 1. The Labute approximate surface area is 132 Å². The van der Waals surface area contributed by atoms with E-state index in [1.807, 2.05) is 6.92 Å². The Morgan fingerprint density at radius 1 is 1.39 bits per heavy atom. The summed E-state index contributed by atoms with van der Waals surface area (Å²) in [7, 11) is 0. The zero-order valence-electron chi connectivity index (χ0n) is 13.2. The number of aryl methyl sites for hydroxylation is 1. The summed E-state index contributed by atoms with van der Waals surface area (Å²) in [6.45, 7) is 5.74. The minimum absolute atomic E-state index is 0.0123. The maximum absolute atomic E-state index is 12.6. The number of ether oxygens (including phenoxy) is 1. The molecule has 0 saturated carbocycles. The van der Waals surface area contributed by atoms with Crippen LogP contribution in [0.5, 0.6) is 0 Å². The van der Waals surface area contributed by atoms with Gasteiger partial charge in [0.25, 0.3) is 5.91 Å². The van der Waals surface area contributed by atoms with E-state index in [2.05, 4.69) is 4.98 Å². The van der Waals surface area contributed by atoms with E-state index in [1.54, 1.807) is 30.0 Å². The van der Waals surface area contributed by atoms with Gasteiger partial charge in [-0.25, -0.2) is 0 Å². The highest BCUT2D eigenvalue weighted by Gasteiger charge is 2.22. The molecule has 1 atom stereocenters. The number of nitrogens with zero attached hydrogens (tertiary/aromatic N) is 2. The molecule has 7 nitrogen and oxygen atoms in total. The highest BCUT2D eigenvalue weighted by Crippen LogP contribution is 2.15. The number of aromatic nitrogens is 2. The Morgan fingerprint density at radius 3 is 2.87 bits per heavy atom. The molecule has 1 aliphatic rings. The lowest BCUT2D eigenvalue weighted by atomic mass is 10.1. The van der Waals surface area contributed by atoms with Crippen molar-refractivity contribution in [3.8, 4) is 0 Å². The van der Waals surface area contributed by atoms with Gasteiger partial charge in [-0.15, -0.1) is 0 Å². The Bertz CT molecular complexity index is 868. The van der Waals surface area contributed by atoms with Gasteiger partial charge >= 0.3 is 11.1 Å². The van der Waals surface area contributed by atoms with E-state index >= 15 is 0 Å². The van der Waals surface area contributed by atoms with Crippen molar-refractivity contribution >= 4 is 16.9 Å². The van der Waals surface area contributed by atoms with E-state index < -0.39 is 11.1 Å². The maximum Gasteiger partial charge on any atom is 0.316 e. The van der Waals surface area contributed by atoms with Crippen LogP contribution in [0.1, 0.15) is 24.2 Å². The molecular formula is C16H19N3O4. The molecule has 0 spiro atoms. The van der Waals surface area contributed by atoms with Crippen molar-refractivity contribution in [3.05, 3.63) is 44.5 Å². The van der Waals surface area contributed by atoms with Gasteiger partial charge in [0, 0.05) is 25.2 Å². The van der Waals surface area contributed by atoms with Crippen LogP contribution >= 0.6 is 0 Å². The van der Waals surface area contributed by atoms with Gasteiger partial charge in [0.1, 0.15) is 0 Å². The van der Waals surface area contributed by atoms with Gasteiger partial charge in [0.15, 0.2) is 0 Å². The Hall–Kier alpha value is -2.41. The van der Waals surface area contributed by atoms with Crippen LogP contribution in [0.3, 0.4) is 0 Å². The third kappa shape index (κ3) is 2.79. The molecule has 1 aliphatic heterocycles. The standard InChI is InChI=1S/C16H19N3O4/c1-3-19-13-5-4-11(8-12(13)17-14(20)16(19)22)15(21)18-6-7-23-10(2)9-18/h4-5,8,10H,3,6-7,9H2,1-2H3,(H,17,20). The van der Waals surface area contributed by atoms with Crippen LogP contribution in [-0.4, -0.2) is 46.2 Å². The first-order valence-electron chi connectivity index (χ1n) is 7.69. The molecule has 23 heavy (non-hydrogen) atoms. The van der Waals surface area contributed by atoms with E-state index in [9.17, 15) is 14.4 Å². The highest BCUT2D eigenvalue weighted by atomic mass is 16.5. The lowest BCUT2D eigenvalue weighted by Gasteiger charge is -2.31. The molecule has 1 aromatic carbocycles. The molecule has 2 heterocycles. The number of aromatic amines is 1. The zero-order chi connectivity index (χ0) is 16.6. The van der Waals surface area contributed by atoms with Crippen LogP contribution in [0.4, 0.5) is 0 Å². The van der Waals surface area contributed by atoms with Crippen molar-refractivity contribution in [1.29, 1.82) is 0 Å². The van der Waals surface area contributed by atoms with Crippen molar-refractivity contribution in [2.24, 2.45) is 0 Å². The van der Waals surface area contributed by atoms with Crippen LogP contribution in [0, 0.1) is 0 Å². The number of amides is 1. The summed E-state index contributed by atoms with van der Waals surface area (Å²) in [5, 5.41) is 0. The number of H-pyrrole nitrogens is 1. The SMILES string of the molecule is CCn1c(=O)c(=O)[nH]c2cc(C(=O)N3CCOC(C)C3)ccc21. The number of rotatable bonds is 2. The molecule has 122 valence electrons. The molecule has 1 aromatic heterocycles. The first kappa shape index (κ1) is 15.5. The summed E-state index contributed by atoms with van der Waals surface area (Å²) >= 11 is 0. The number of benzene rings is 1. The van der Waals surface area contributed by atoms with Gasteiger partial charge in [-0.2, -0.15) is 0 Å². The van der Waals surface area contributed by atoms with Gasteiger partial charge in [-0.3, -0.25) is 14.4 Å². The molecule has 1 unspecified atom stereocenters. The van der Waals surface area contributed by atoms with Crippen molar-refractivity contribution in [1.82, 2.24) is 14.5 Å². The number of fused-ring (bicyclic) bond motifs is 1. The molecule has 2 aromatic rings. The summed E-state index contributed by atoms with van der Waals surface area (Å²) in [5.74, 6) is -0.0999. The fourth-order valence-electron chi connectivity index (χ4n) is 2.91. The highest BCUT2D eigenvalue weighted by molar-refractivity contribution is 5.97. The summed E-state index contributed by atoms with van der Waals surface area (Å²) in [6, 6.07) is 5.02. The number of morpholine rings is 1. The van der Waals surface area contributed by atoms with Gasteiger partial charge < -0.3 is 19.2 Å². The van der Waals surface area contributed by atoms with Crippen molar-refractivity contribution in [2.75, 3.05) is 19.7 Å². The van der Waals surface area contributed by atoms with Crippen LogP contribution in [0.15, 0.2) is 27.8 Å². The number of carbonyl (C=O) groups excluding carboxylic acids is 1. The zero-order valence-corrected chi connectivity index (χ0v) is 13.2. The van der Waals surface area contributed by atoms with Crippen LogP contribution < -0.4 is 11.1 Å². The Morgan fingerprint density at radius 2 is 2.17 bits per heavy atom. The monoisotopic (exact) mass is 317 g/mol. The van der Waals surface area contributed by atoms with E-state index in [1.165, 1.54) is 4.57 Å². The first-order valence-corrected chi connectivity index (χ1v) is 7.69. The maximum atomic E-state index is 12.6. The fraction of sp³-hybridized carbons (Fsp3) is 0.438. The van der Waals surface area contributed by atoms with E-state index in [0.717, 1.165) is 0 Å². The first-order chi connectivity index (χ1) is 11.0. The second kappa shape index (κ2) is 6.00. The Balaban J connectivity index is 2.03. The van der Waals surface area contributed by atoms with E-state index in [0.29, 0.717) is 42.8 Å². The predicted octanol–water partition coefficient (Wildman–Crippen LogP) is 0.571. The minimum atomic E-state index is -0.677. The smallest absolute Gasteiger partial charge is 0.316 e. The van der Waals surface area contributed by atoms with Crippen molar-refractivity contribution in [3.63, 3.8) is 0 Å². The van der Waals surface area contributed by atoms with Crippen molar-refractivity contribution < 1.29 is 9.53 Å². The third-order valence-corrected chi connectivity index (χ3v) is 4.07. The van der Waals surface area contributed by atoms with Gasteiger partial charge in [0.05, 0.1) is 23.7 Å².